The number of likely N-dealkylation sites (tertiary alicyclic amines) is 1. The molecule has 4 rings (SSSR count). The molecule has 0 spiro atoms. The first-order valence-corrected chi connectivity index (χ1v) is 10.7. The summed E-state index contributed by atoms with van der Waals surface area (Å²) in [5, 5.41) is 3.07. The number of carbonyl (C=O) groups is 2. The fourth-order valence-corrected chi connectivity index (χ4v) is 3.94. The van der Waals surface area contributed by atoms with Gasteiger partial charge in [0.25, 0.3) is 5.91 Å². The summed E-state index contributed by atoms with van der Waals surface area (Å²) in [6, 6.07) is 21.0. The quantitative estimate of drug-likeness (QED) is 0.623. The van der Waals surface area contributed by atoms with Gasteiger partial charge in [-0.05, 0) is 17.7 Å². The third-order valence-electron chi connectivity index (χ3n) is 5.64. The van der Waals surface area contributed by atoms with E-state index >= 15 is 0 Å². The first-order chi connectivity index (χ1) is 15.5. The Kier molecular flexibility index (Phi) is 6.44. The second-order valence-corrected chi connectivity index (χ2v) is 8.03. The van der Waals surface area contributed by atoms with Crippen LogP contribution in [0.25, 0.3) is 0 Å². The van der Waals surface area contributed by atoms with Crippen molar-refractivity contribution in [1.29, 1.82) is 0 Å². The summed E-state index contributed by atoms with van der Waals surface area (Å²) in [6.07, 6.45) is 0.422. The molecule has 1 aliphatic heterocycles. The monoisotopic (exact) mass is 429 g/mol. The molecule has 3 aromatic rings. The molecule has 7 nitrogen and oxygen atoms in total. The van der Waals surface area contributed by atoms with E-state index in [-0.39, 0.29) is 24.3 Å². The van der Waals surface area contributed by atoms with E-state index in [9.17, 15) is 9.59 Å². The molecule has 1 atom stereocenters. The number of carbonyl (C=O) groups excluding carboxylic acids is 2. The number of hydrogen-bond acceptors (Lipinski definition) is 5. The second-order valence-electron chi connectivity index (χ2n) is 8.03. The van der Waals surface area contributed by atoms with Gasteiger partial charge >= 0.3 is 0 Å². The SMILES string of the molecule is CNc1cc([C@@H]2CC(=O)N(Cc3ccccc3)C2)nc(CN(C)C(=O)c2ccccc2)n1. The van der Waals surface area contributed by atoms with Crippen LogP contribution in [0.2, 0.25) is 0 Å². The van der Waals surface area contributed by atoms with Crippen LogP contribution in [-0.4, -0.2) is 52.2 Å². The molecule has 1 fully saturated rings. The van der Waals surface area contributed by atoms with Gasteiger partial charge in [0.15, 0.2) is 0 Å². The molecule has 0 aliphatic carbocycles. The zero-order valence-electron chi connectivity index (χ0n) is 18.4. The van der Waals surface area contributed by atoms with Gasteiger partial charge in [0.05, 0.1) is 12.2 Å². The molecule has 1 aromatic heterocycles. The van der Waals surface area contributed by atoms with Gasteiger partial charge < -0.3 is 15.1 Å². The van der Waals surface area contributed by atoms with E-state index in [1.807, 2.05) is 59.5 Å². The standard InChI is InChI=1S/C25H27N5O2/c1-26-22-14-21(20-13-24(31)30(16-20)15-18-9-5-3-6-10-18)27-23(28-22)17-29(2)25(32)19-11-7-4-8-12-19/h3-12,14,20H,13,15-17H2,1-2H3,(H,26,27,28)/t20-/m1/s1. The molecule has 1 aliphatic rings. The highest BCUT2D eigenvalue weighted by Crippen LogP contribution is 2.29. The molecule has 1 N–H and O–H groups in total. The third-order valence-corrected chi connectivity index (χ3v) is 5.64. The van der Waals surface area contributed by atoms with Crippen LogP contribution in [0.4, 0.5) is 5.82 Å². The van der Waals surface area contributed by atoms with Crippen LogP contribution < -0.4 is 5.32 Å². The normalized spacial score (nSPS) is 15.6. The Labute approximate surface area is 188 Å². The highest BCUT2D eigenvalue weighted by molar-refractivity contribution is 5.93. The zero-order chi connectivity index (χ0) is 22.5. The van der Waals surface area contributed by atoms with Crippen molar-refractivity contribution in [2.45, 2.75) is 25.4 Å². The minimum absolute atomic E-state index is 0.00445. The molecule has 7 heteroatoms. The highest BCUT2D eigenvalue weighted by Gasteiger charge is 2.32. The van der Waals surface area contributed by atoms with Crippen LogP contribution in [0.3, 0.4) is 0 Å². The van der Waals surface area contributed by atoms with Crippen molar-refractivity contribution in [2.24, 2.45) is 0 Å². The number of aromatic nitrogens is 2. The number of rotatable bonds is 7. The van der Waals surface area contributed by atoms with E-state index in [1.165, 1.54) is 0 Å². The maximum atomic E-state index is 12.7. The van der Waals surface area contributed by atoms with Crippen molar-refractivity contribution in [1.82, 2.24) is 19.8 Å². The summed E-state index contributed by atoms with van der Waals surface area (Å²) >= 11 is 0. The Hall–Kier alpha value is -3.74. The Bertz CT molecular complexity index is 1090. The highest BCUT2D eigenvalue weighted by atomic mass is 16.2. The molecule has 164 valence electrons. The average molecular weight is 430 g/mol. The van der Waals surface area contributed by atoms with Gasteiger partial charge in [0.1, 0.15) is 11.6 Å². The first-order valence-electron chi connectivity index (χ1n) is 10.7. The minimum Gasteiger partial charge on any atom is -0.373 e. The number of nitrogens with one attached hydrogen (secondary N) is 1. The maximum Gasteiger partial charge on any atom is 0.254 e. The summed E-state index contributed by atoms with van der Waals surface area (Å²) < 4.78 is 0. The first kappa shape index (κ1) is 21.5. The van der Waals surface area contributed by atoms with Gasteiger partial charge in [0, 0.05) is 51.2 Å². The van der Waals surface area contributed by atoms with Gasteiger partial charge in [-0.3, -0.25) is 9.59 Å². The summed E-state index contributed by atoms with van der Waals surface area (Å²) in [7, 11) is 3.54. The topological polar surface area (TPSA) is 78.4 Å². The molecule has 32 heavy (non-hydrogen) atoms. The molecule has 2 aromatic carbocycles. The molecule has 2 heterocycles. The van der Waals surface area contributed by atoms with E-state index < -0.39 is 0 Å². The zero-order valence-corrected chi connectivity index (χ0v) is 18.4. The molecule has 0 unspecified atom stereocenters. The molecule has 0 radical (unpaired) electrons. The summed E-state index contributed by atoms with van der Waals surface area (Å²) in [6.45, 7) is 1.50. The van der Waals surface area contributed by atoms with E-state index in [0.717, 1.165) is 11.3 Å². The molecular weight excluding hydrogens is 402 g/mol. The molecular formula is C25H27N5O2. The lowest BCUT2D eigenvalue weighted by Gasteiger charge is -2.19. The van der Waals surface area contributed by atoms with Crippen molar-refractivity contribution < 1.29 is 9.59 Å². The lowest BCUT2D eigenvalue weighted by molar-refractivity contribution is -0.128. The van der Waals surface area contributed by atoms with Crippen LogP contribution >= 0.6 is 0 Å². The largest absolute Gasteiger partial charge is 0.373 e. The maximum absolute atomic E-state index is 12.7. The van der Waals surface area contributed by atoms with Crippen LogP contribution in [0.15, 0.2) is 66.7 Å². The van der Waals surface area contributed by atoms with Crippen molar-refractivity contribution in [3.63, 3.8) is 0 Å². The number of hydrogen-bond donors (Lipinski definition) is 1. The van der Waals surface area contributed by atoms with Gasteiger partial charge in [-0.1, -0.05) is 48.5 Å². The van der Waals surface area contributed by atoms with E-state index in [1.54, 1.807) is 31.1 Å². The second kappa shape index (κ2) is 9.60. The number of nitrogens with zero attached hydrogens (tertiary/aromatic N) is 4. The van der Waals surface area contributed by atoms with Gasteiger partial charge in [-0.25, -0.2) is 9.97 Å². The van der Waals surface area contributed by atoms with Crippen molar-refractivity contribution in [3.8, 4) is 0 Å². The van der Waals surface area contributed by atoms with Crippen LogP contribution in [0.1, 0.15) is 39.8 Å². The predicted octanol–water partition coefficient (Wildman–Crippen LogP) is 3.31. The lowest BCUT2D eigenvalue weighted by Crippen LogP contribution is -2.27. The van der Waals surface area contributed by atoms with E-state index in [2.05, 4.69) is 10.3 Å². The Morgan fingerprint density at radius 1 is 1.09 bits per heavy atom. The van der Waals surface area contributed by atoms with Gasteiger partial charge in [-0.2, -0.15) is 0 Å². The fraction of sp³-hybridized carbons (Fsp3) is 0.280. The van der Waals surface area contributed by atoms with Gasteiger partial charge in [0.2, 0.25) is 5.91 Å². The summed E-state index contributed by atoms with van der Waals surface area (Å²) in [5.41, 5.74) is 2.56. The van der Waals surface area contributed by atoms with Crippen LogP contribution in [0.5, 0.6) is 0 Å². The molecule has 2 amide bonds. The minimum atomic E-state index is -0.0873. The fourth-order valence-electron chi connectivity index (χ4n) is 3.94. The van der Waals surface area contributed by atoms with Crippen molar-refractivity contribution >= 4 is 17.6 Å². The third kappa shape index (κ3) is 4.94. The van der Waals surface area contributed by atoms with Crippen LogP contribution in [0, 0.1) is 0 Å². The lowest BCUT2D eigenvalue weighted by atomic mass is 10.0. The Morgan fingerprint density at radius 3 is 2.47 bits per heavy atom. The van der Waals surface area contributed by atoms with Crippen molar-refractivity contribution in [2.75, 3.05) is 26.0 Å². The van der Waals surface area contributed by atoms with E-state index in [4.69, 9.17) is 4.98 Å². The molecule has 0 bridgehead atoms. The number of benzene rings is 2. The predicted molar refractivity (Wildman–Crippen MR) is 123 cm³/mol. The Balaban J connectivity index is 1.49. The molecule has 1 saturated heterocycles. The smallest absolute Gasteiger partial charge is 0.254 e. The van der Waals surface area contributed by atoms with Crippen LogP contribution in [-0.2, 0) is 17.9 Å². The summed E-state index contributed by atoms with van der Waals surface area (Å²) in [4.78, 5) is 38.1. The van der Waals surface area contributed by atoms with E-state index in [0.29, 0.717) is 36.7 Å². The molecule has 0 saturated carbocycles. The number of anilines is 1. The van der Waals surface area contributed by atoms with Crippen molar-refractivity contribution in [3.05, 3.63) is 89.4 Å². The summed E-state index contributed by atoms with van der Waals surface area (Å²) in [5.74, 6) is 1.26. The number of amides is 2. The Morgan fingerprint density at radius 2 is 1.78 bits per heavy atom. The van der Waals surface area contributed by atoms with Gasteiger partial charge in [-0.15, -0.1) is 0 Å². The average Bonchev–Trinajstić information content (AvgIpc) is 3.19.